The van der Waals surface area contributed by atoms with Crippen LogP contribution in [0.4, 0.5) is 0 Å². The quantitative estimate of drug-likeness (QED) is 0.783. The molecule has 0 aromatic carbocycles. The second-order valence-electron chi connectivity index (χ2n) is 4.57. The fourth-order valence-electron chi connectivity index (χ4n) is 1.17. The van der Waals surface area contributed by atoms with Crippen LogP contribution in [0.2, 0.25) is 0 Å². The zero-order chi connectivity index (χ0) is 11.3. The Hall–Kier alpha value is -0.900. The van der Waals surface area contributed by atoms with E-state index in [0.717, 1.165) is 18.7 Å². The lowest BCUT2D eigenvalue weighted by Gasteiger charge is -2.03. The lowest BCUT2D eigenvalue weighted by atomic mass is 10.1. The molecule has 0 spiro atoms. The molecule has 0 saturated heterocycles. The van der Waals surface area contributed by atoms with E-state index in [4.69, 9.17) is 4.52 Å². The summed E-state index contributed by atoms with van der Waals surface area (Å²) >= 11 is 0. The van der Waals surface area contributed by atoms with Gasteiger partial charge in [0.25, 0.3) is 0 Å². The normalized spacial score (nSPS) is 11.6. The molecular weight excluding hydrogens is 190 g/mol. The smallest absolute Gasteiger partial charge is 0.240 e. The van der Waals surface area contributed by atoms with Crippen molar-refractivity contribution >= 4 is 0 Å². The lowest BCUT2D eigenvalue weighted by molar-refractivity contribution is 0.356. The zero-order valence-electron chi connectivity index (χ0n) is 10.1. The van der Waals surface area contributed by atoms with E-state index in [-0.39, 0.29) is 0 Å². The molecule has 1 aromatic rings. The molecule has 0 atom stereocenters. The van der Waals surface area contributed by atoms with Gasteiger partial charge in [-0.3, -0.25) is 0 Å². The first-order chi connectivity index (χ1) is 7.08. The molecule has 0 saturated carbocycles. The molecule has 1 heterocycles. The number of nitrogens with zero attached hydrogens (tertiary/aromatic N) is 2. The van der Waals surface area contributed by atoms with Crippen LogP contribution in [0, 0.1) is 5.92 Å². The van der Waals surface area contributed by atoms with Crippen LogP contribution in [0.3, 0.4) is 0 Å². The van der Waals surface area contributed by atoms with Gasteiger partial charge in [-0.25, -0.2) is 0 Å². The van der Waals surface area contributed by atoms with Crippen LogP contribution in [-0.2, 0) is 13.0 Å². The molecule has 0 aliphatic carbocycles. The van der Waals surface area contributed by atoms with Gasteiger partial charge < -0.3 is 9.84 Å². The number of rotatable bonds is 6. The highest BCUT2D eigenvalue weighted by Crippen LogP contribution is 2.06. The molecule has 0 aliphatic heterocycles. The zero-order valence-corrected chi connectivity index (χ0v) is 10.1. The van der Waals surface area contributed by atoms with Gasteiger partial charge in [-0.15, -0.1) is 0 Å². The maximum absolute atomic E-state index is 5.12. The molecule has 0 unspecified atom stereocenters. The third-order valence-electron chi connectivity index (χ3n) is 2.12. The Morgan fingerprint density at radius 3 is 2.60 bits per heavy atom. The van der Waals surface area contributed by atoms with E-state index in [1.165, 1.54) is 0 Å². The van der Waals surface area contributed by atoms with E-state index in [9.17, 15) is 0 Å². The Morgan fingerprint density at radius 2 is 2.00 bits per heavy atom. The number of hydrogen-bond acceptors (Lipinski definition) is 4. The van der Waals surface area contributed by atoms with E-state index in [0.29, 0.717) is 24.4 Å². The summed E-state index contributed by atoms with van der Waals surface area (Å²) in [5.74, 6) is 2.19. The molecule has 0 fully saturated rings. The molecule has 0 aliphatic rings. The van der Waals surface area contributed by atoms with Gasteiger partial charge in [0.1, 0.15) is 0 Å². The van der Waals surface area contributed by atoms with Gasteiger partial charge >= 0.3 is 0 Å². The largest absolute Gasteiger partial charge is 0.338 e. The predicted molar refractivity (Wildman–Crippen MR) is 59.4 cm³/mol. The average molecular weight is 211 g/mol. The van der Waals surface area contributed by atoms with Crippen molar-refractivity contribution < 1.29 is 4.52 Å². The molecule has 1 rings (SSSR count). The molecule has 4 heteroatoms. The highest BCUT2D eigenvalue weighted by atomic mass is 16.5. The number of aromatic nitrogens is 2. The molecule has 0 amide bonds. The maximum atomic E-state index is 5.12. The van der Waals surface area contributed by atoms with Crippen LogP contribution in [0.1, 0.15) is 45.8 Å². The predicted octanol–water partition coefficient (Wildman–Crippen LogP) is 2.16. The molecule has 86 valence electrons. The van der Waals surface area contributed by atoms with Crippen molar-refractivity contribution in [3.05, 3.63) is 11.7 Å². The van der Waals surface area contributed by atoms with Crippen LogP contribution >= 0.6 is 0 Å². The SMILES string of the molecule is CC(C)CCc1noc(CNC(C)C)n1. The van der Waals surface area contributed by atoms with Crippen LogP contribution in [0.15, 0.2) is 4.52 Å². The topological polar surface area (TPSA) is 51.0 Å². The summed E-state index contributed by atoms with van der Waals surface area (Å²) in [6.45, 7) is 9.24. The van der Waals surface area contributed by atoms with Crippen molar-refractivity contribution in [2.75, 3.05) is 0 Å². The van der Waals surface area contributed by atoms with Crippen molar-refractivity contribution in [3.8, 4) is 0 Å². The standard InChI is InChI=1S/C11H21N3O/c1-8(2)5-6-10-13-11(15-14-10)7-12-9(3)4/h8-9,12H,5-7H2,1-4H3. The summed E-state index contributed by atoms with van der Waals surface area (Å²) in [5, 5.41) is 7.18. The molecule has 4 nitrogen and oxygen atoms in total. The van der Waals surface area contributed by atoms with Crippen molar-refractivity contribution in [3.63, 3.8) is 0 Å². The van der Waals surface area contributed by atoms with Crippen molar-refractivity contribution in [2.45, 2.75) is 53.1 Å². The van der Waals surface area contributed by atoms with Crippen LogP contribution in [0.25, 0.3) is 0 Å². The summed E-state index contributed by atoms with van der Waals surface area (Å²) in [6, 6.07) is 0.441. The summed E-state index contributed by atoms with van der Waals surface area (Å²) < 4.78 is 5.12. The fraction of sp³-hybridized carbons (Fsp3) is 0.818. The third kappa shape index (κ3) is 4.93. The first-order valence-corrected chi connectivity index (χ1v) is 5.62. The van der Waals surface area contributed by atoms with E-state index >= 15 is 0 Å². The van der Waals surface area contributed by atoms with Crippen molar-refractivity contribution in [1.82, 2.24) is 15.5 Å². The Bertz CT molecular complexity index is 255. The minimum atomic E-state index is 0.441. The minimum Gasteiger partial charge on any atom is -0.338 e. The van der Waals surface area contributed by atoms with E-state index in [1.54, 1.807) is 0 Å². The molecule has 0 radical (unpaired) electrons. The molecule has 15 heavy (non-hydrogen) atoms. The summed E-state index contributed by atoms with van der Waals surface area (Å²) in [6.07, 6.45) is 2.01. The van der Waals surface area contributed by atoms with Gasteiger partial charge in [-0.05, 0) is 12.3 Å². The van der Waals surface area contributed by atoms with Gasteiger partial charge in [-0.1, -0.05) is 32.9 Å². The van der Waals surface area contributed by atoms with Crippen LogP contribution in [-0.4, -0.2) is 16.2 Å². The third-order valence-corrected chi connectivity index (χ3v) is 2.12. The van der Waals surface area contributed by atoms with E-state index in [2.05, 4.69) is 43.2 Å². The van der Waals surface area contributed by atoms with Gasteiger partial charge in [0.05, 0.1) is 6.54 Å². The lowest BCUT2D eigenvalue weighted by Crippen LogP contribution is -2.21. The number of aryl methyl sites for hydroxylation is 1. The van der Waals surface area contributed by atoms with E-state index < -0.39 is 0 Å². The molecular formula is C11H21N3O. The molecule has 1 aromatic heterocycles. The Morgan fingerprint density at radius 1 is 1.27 bits per heavy atom. The maximum Gasteiger partial charge on any atom is 0.240 e. The minimum absolute atomic E-state index is 0.441. The monoisotopic (exact) mass is 211 g/mol. The van der Waals surface area contributed by atoms with Gasteiger partial charge in [0.15, 0.2) is 5.82 Å². The molecule has 0 bridgehead atoms. The van der Waals surface area contributed by atoms with Crippen molar-refractivity contribution in [1.29, 1.82) is 0 Å². The average Bonchev–Trinajstić information content (AvgIpc) is 2.59. The number of nitrogens with one attached hydrogen (secondary N) is 1. The summed E-state index contributed by atoms with van der Waals surface area (Å²) in [4.78, 5) is 4.31. The number of hydrogen-bond donors (Lipinski definition) is 1. The van der Waals surface area contributed by atoms with Gasteiger partial charge in [0.2, 0.25) is 5.89 Å². The Balaban J connectivity index is 2.35. The second-order valence-corrected chi connectivity index (χ2v) is 4.57. The molecule has 1 N–H and O–H groups in total. The van der Waals surface area contributed by atoms with Crippen LogP contribution < -0.4 is 5.32 Å². The summed E-state index contributed by atoms with van der Waals surface area (Å²) in [7, 11) is 0. The second kappa shape index (κ2) is 5.85. The van der Waals surface area contributed by atoms with Gasteiger partial charge in [-0.2, -0.15) is 4.98 Å². The Kier molecular flexibility index (Phi) is 4.75. The van der Waals surface area contributed by atoms with Crippen molar-refractivity contribution in [2.24, 2.45) is 5.92 Å². The van der Waals surface area contributed by atoms with Gasteiger partial charge in [0, 0.05) is 12.5 Å². The van der Waals surface area contributed by atoms with Crippen LogP contribution in [0.5, 0.6) is 0 Å². The first-order valence-electron chi connectivity index (χ1n) is 5.62. The first kappa shape index (κ1) is 12.2. The summed E-state index contributed by atoms with van der Waals surface area (Å²) in [5.41, 5.74) is 0. The Labute approximate surface area is 91.5 Å². The highest BCUT2D eigenvalue weighted by Gasteiger charge is 2.06. The highest BCUT2D eigenvalue weighted by molar-refractivity contribution is 4.86. The van der Waals surface area contributed by atoms with E-state index in [1.807, 2.05) is 0 Å². The fourth-order valence-corrected chi connectivity index (χ4v) is 1.17.